The van der Waals surface area contributed by atoms with Gasteiger partial charge < -0.3 is 5.11 Å². The summed E-state index contributed by atoms with van der Waals surface area (Å²) in [5.74, 6) is 0. The standard InChI is InChI=1S/C3H2N2O2S/c6-3(7)8-2-1-4-5-8/h1-2H/p+1. The SMILES string of the molecule is O=C(O)[s+]1ccnn1. The Morgan fingerprint density at radius 3 is 2.75 bits per heavy atom. The van der Waals surface area contributed by atoms with Gasteiger partial charge in [0.15, 0.2) is 5.38 Å². The van der Waals surface area contributed by atoms with Crippen LogP contribution in [0.15, 0.2) is 11.6 Å². The highest BCUT2D eigenvalue weighted by Gasteiger charge is 2.15. The normalized spacial score (nSPS) is 11.2. The van der Waals surface area contributed by atoms with E-state index in [1.165, 1.54) is 11.6 Å². The maximum Gasteiger partial charge on any atom is 0.578 e. The van der Waals surface area contributed by atoms with Crippen molar-refractivity contribution in [3.63, 3.8) is 0 Å². The molecule has 0 radical (unpaired) electrons. The molecule has 1 unspecified atom stereocenters. The fourth-order valence-corrected chi connectivity index (χ4v) is 0.850. The van der Waals surface area contributed by atoms with E-state index in [1.54, 1.807) is 0 Å². The average Bonchev–Trinajstić information content (AvgIpc) is 2.12. The highest BCUT2D eigenvalue weighted by atomic mass is 32.2. The highest BCUT2D eigenvalue weighted by Crippen LogP contribution is 2.08. The maximum absolute atomic E-state index is 10.0. The third-order valence-corrected chi connectivity index (χ3v) is 1.58. The smallest absolute Gasteiger partial charge is 0.435 e. The summed E-state index contributed by atoms with van der Waals surface area (Å²) in [7, 11) is -0.985. The zero-order chi connectivity index (χ0) is 5.98. The fourth-order valence-electron chi connectivity index (χ4n) is 0.283. The van der Waals surface area contributed by atoms with Crippen molar-refractivity contribution in [3.8, 4) is 0 Å². The molecule has 0 aliphatic heterocycles. The lowest BCUT2D eigenvalue weighted by Gasteiger charge is -1.63. The van der Waals surface area contributed by atoms with Gasteiger partial charge in [0, 0.05) is 0 Å². The quantitative estimate of drug-likeness (QED) is 0.571. The summed E-state index contributed by atoms with van der Waals surface area (Å²) in [5, 5.41) is 12.1. The van der Waals surface area contributed by atoms with E-state index < -0.39 is 16.0 Å². The predicted molar refractivity (Wildman–Crippen MR) is 27.9 cm³/mol. The second-order valence-electron chi connectivity index (χ2n) is 1.06. The molecule has 5 heteroatoms. The predicted octanol–water partition coefficient (Wildman–Crippen LogP) is 0.752. The molecule has 0 fully saturated rings. The summed E-state index contributed by atoms with van der Waals surface area (Å²) in [6, 6.07) is 0. The Hall–Kier alpha value is -0.970. The average molecular weight is 131 g/mol. The second kappa shape index (κ2) is 1.87. The van der Waals surface area contributed by atoms with Crippen molar-refractivity contribution in [1.29, 1.82) is 0 Å². The van der Waals surface area contributed by atoms with Gasteiger partial charge >= 0.3 is 5.30 Å². The maximum atomic E-state index is 10.0. The summed E-state index contributed by atoms with van der Waals surface area (Å²) < 4.78 is 3.38. The van der Waals surface area contributed by atoms with Gasteiger partial charge in [-0.15, -0.1) is 5.10 Å². The molecule has 0 amide bonds. The van der Waals surface area contributed by atoms with Gasteiger partial charge in [-0.25, -0.2) is 0 Å². The van der Waals surface area contributed by atoms with Crippen LogP contribution in [0.25, 0.3) is 0 Å². The molecule has 1 aromatic rings. The topological polar surface area (TPSA) is 63.1 Å². The summed E-state index contributed by atoms with van der Waals surface area (Å²) in [4.78, 5) is 10.0. The number of hydrogen-bond acceptors (Lipinski definition) is 3. The minimum atomic E-state index is -0.985. The van der Waals surface area contributed by atoms with Crippen LogP contribution in [0.2, 0.25) is 0 Å². The molecule has 0 aromatic carbocycles. The van der Waals surface area contributed by atoms with Crippen LogP contribution in [0.4, 0.5) is 4.79 Å². The van der Waals surface area contributed by atoms with Crippen molar-refractivity contribution >= 4 is 16.0 Å². The van der Waals surface area contributed by atoms with Crippen molar-refractivity contribution in [3.05, 3.63) is 11.6 Å². The molecule has 42 valence electrons. The van der Waals surface area contributed by atoms with Gasteiger partial charge in [0.2, 0.25) is 10.7 Å². The molecule has 0 spiro atoms. The molecule has 1 rings (SSSR count). The van der Waals surface area contributed by atoms with Gasteiger partial charge in [-0.2, -0.15) is 4.79 Å². The molecule has 8 heavy (non-hydrogen) atoms. The van der Waals surface area contributed by atoms with Crippen LogP contribution >= 0.6 is 10.7 Å². The van der Waals surface area contributed by atoms with Gasteiger partial charge in [-0.1, -0.05) is 0 Å². The van der Waals surface area contributed by atoms with Gasteiger partial charge in [0.05, 0.1) is 4.49 Å². The lowest BCUT2D eigenvalue weighted by molar-refractivity contribution is 0.221. The van der Waals surface area contributed by atoms with Crippen molar-refractivity contribution in [2.45, 2.75) is 0 Å². The first-order valence-corrected chi connectivity index (χ1v) is 3.09. The van der Waals surface area contributed by atoms with Crippen LogP contribution in [0, 0.1) is 0 Å². The number of carbonyl (C=O) groups is 1. The van der Waals surface area contributed by atoms with E-state index in [-0.39, 0.29) is 0 Å². The van der Waals surface area contributed by atoms with Gasteiger partial charge in [-0.05, 0) is 0 Å². The molecule has 0 saturated heterocycles. The monoisotopic (exact) mass is 131 g/mol. The number of aromatic nitrogens is 2. The van der Waals surface area contributed by atoms with Crippen molar-refractivity contribution in [1.82, 2.24) is 9.59 Å². The number of hydrogen-bond donors (Lipinski definition) is 1. The Labute approximate surface area is 47.9 Å². The minimum absolute atomic E-state index is 0.928. The minimum Gasteiger partial charge on any atom is -0.435 e. The number of nitrogens with zero attached hydrogens (tertiary/aromatic N) is 2. The van der Waals surface area contributed by atoms with E-state index in [4.69, 9.17) is 5.11 Å². The largest absolute Gasteiger partial charge is 0.578 e. The van der Waals surface area contributed by atoms with Gasteiger partial charge in [-0.3, -0.25) is 0 Å². The molecule has 0 aliphatic rings. The third-order valence-electron chi connectivity index (χ3n) is 0.570. The molecular weight excluding hydrogens is 128 g/mol. The molecule has 0 saturated carbocycles. The first-order valence-electron chi connectivity index (χ1n) is 1.84. The summed E-state index contributed by atoms with van der Waals surface area (Å²) in [6.45, 7) is 0. The van der Waals surface area contributed by atoms with E-state index in [2.05, 4.69) is 9.59 Å². The van der Waals surface area contributed by atoms with Crippen molar-refractivity contribution in [2.75, 3.05) is 0 Å². The Bertz CT molecular complexity index is 183. The van der Waals surface area contributed by atoms with Crippen LogP contribution in [-0.2, 0) is 0 Å². The zero-order valence-corrected chi connectivity index (χ0v) is 4.63. The van der Waals surface area contributed by atoms with Crippen molar-refractivity contribution in [2.24, 2.45) is 0 Å². The van der Waals surface area contributed by atoms with Crippen molar-refractivity contribution < 1.29 is 9.90 Å². The fraction of sp³-hybridized carbons (Fsp3) is 0. The molecule has 1 heterocycles. The Kier molecular flexibility index (Phi) is 1.21. The third kappa shape index (κ3) is 0.812. The lowest BCUT2D eigenvalue weighted by Crippen LogP contribution is -1.82. The van der Waals surface area contributed by atoms with Gasteiger partial charge in [0.25, 0.3) is 0 Å². The summed E-state index contributed by atoms with van der Waals surface area (Å²) >= 11 is 0. The highest BCUT2D eigenvalue weighted by molar-refractivity contribution is 7.45. The zero-order valence-electron chi connectivity index (χ0n) is 3.81. The van der Waals surface area contributed by atoms with E-state index in [1.807, 2.05) is 0 Å². The summed E-state index contributed by atoms with van der Waals surface area (Å²) in [6.07, 6.45) is 1.39. The first kappa shape index (κ1) is 5.17. The Morgan fingerprint density at radius 2 is 2.50 bits per heavy atom. The molecule has 0 bridgehead atoms. The van der Waals surface area contributed by atoms with E-state index in [0.717, 1.165) is 0 Å². The molecule has 1 atom stereocenters. The number of rotatable bonds is 1. The van der Waals surface area contributed by atoms with Crippen LogP contribution in [0.1, 0.15) is 0 Å². The van der Waals surface area contributed by atoms with Crippen LogP contribution < -0.4 is 0 Å². The first-order chi connectivity index (χ1) is 3.80. The molecule has 1 aromatic heterocycles. The Balaban J connectivity index is 2.93. The molecular formula is C3H3N2O2S+. The second-order valence-corrected chi connectivity index (χ2v) is 2.48. The molecule has 4 nitrogen and oxygen atoms in total. The molecule has 0 aliphatic carbocycles. The van der Waals surface area contributed by atoms with E-state index in [9.17, 15) is 4.79 Å². The Morgan fingerprint density at radius 1 is 1.75 bits per heavy atom. The van der Waals surface area contributed by atoms with E-state index in [0.29, 0.717) is 0 Å². The van der Waals surface area contributed by atoms with Crippen LogP contribution in [0.3, 0.4) is 0 Å². The molecule has 1 N–H and O–H groups in total. The van der Waals surface area contributed by atoms with Crippen LogP contribution in [-0.4, -0.2) is 20.0 Å². The van der Waals surface area contributed by atoms with E-state index >= 15 is 0 Å². The number of carboxylic acid groups (broad SMARTS) is 1. The van der Waals surface area contributed by atoms with Gasteiger partial charge in [0.1, 0.15) is 6.20 Å². The van der Waals surface area contributed by atoms with Crippen LogP contribution in [0.5, 0.6) is 0 Å². The summed E-state index contributed by atoms with van der Waals surface area (Å²) in [5.41, 5.74) is 0. The lowest BCUT2D eigenvalue weighted by atomic mass is 11.1.